The monoisotopic (exact) mass is 243 g/mol. The Kier molecular flexibility index (Phi) is 2.20. The van der Waals surface area contributed by atoms with Gasteiger partial charge < -0.3 is 9.15 Å². The molecule has 1 aliphatic heterocycles. The van der Waals surface area contributed by atoms with E-state index in [9.17, 15) is 4.79 Å². The largest absolute Gasteiger partial charge is 0.464 e. The van der Waals surface area contributed by atoms with Crippen LogP contribution in [0, 0.1) is 0 Å². The number of carbonyl (C=O) groups excluding carboxylic acids is 1. The van der Waals surface area contributed by atoms with Crippen molar-refractivity contribution >= 4 is 11.8 Å². The number of carbonyl (C=O) groups is 1. The van der Waals surface area contributed by atoms with Crippen molar-refractivity contribution < 1.29 is 13.9 Å². The Morgan fingerprint density at radius 2 is 2.06 bits per heavy atom. The number of cyclic esters (lactones) is 1. The zero-order valence-corrected chi connectivity index (χ0v) is 10.2. The molecule has 92 valence electrons. The fourth-order valence-electron chi connectivity index (χ4n) is 2.17. The van der Waals surface area contributed by atoms with E-state index >= 15 is 0 Å². The van der Waals surface area contributed by atoms with Crippen molar-refractivity contribution in [2.75, 3.05) is 5.32 Å². The lowest BCUT2D eigenvalue weighted by molar-refractivity contribution is 0.0421. The highest BCUT2D eigenvalue weighted by atomic mass is 16.6. The first-order valence-corrected chi connectivity index (χ1v) is 5.75. The molecule has 4 nitrogen and oxygen atoms in total. The van der Waals surface area contributed by atoms with E-state index in [4.69, 9.17) is 9.15 Å². The molecule has 3 rings (SSSR count). The van der Waals surface area contributed by atoms with E-state index in [0.29, 0.717) is 0 Å². The van der Waals surface area contributed by atoms with Gasteiger partial charge in [-0.2, -0.15) is 0 Å². The van der Waals surface area contributed by atoms with E-state index in [-0.39, 0.29) is 0 Å². The molecule has 0 spiro atoms. The average Bonchev–Trinajstić information content (AvgIpc) is 2.81. The summed E-state index contributed by atoms with van der Waals surface area (Å²) in [6.07, 6.45) is 1.22. The number of furan rings is 1. The molecule has 0 bridgehead atoms. The van der Waals surface area contributed by atoms with Gasteiger partial charge in [0.1, 0.15) is 11.4 Å². The number of benzene rings is 1. The fourth-order valence-corrected chi connectivity index (χ4v) is 2.17. The van der Waals surface area contributed by atoms with Gasteiger partial charge in [-0.25, -0.2) is 4.79 Å². The highest BCUT2D eigenvalue weighted by molar-refractivity contribution is 5.89. The van der Waals surface area contributed by atoms with Crippen molar-refractivity contribution in [2.24, 2.45) is 0 Å². The molecule has 1 amide bonds. The lowest BCUT2D eigenvalue weighted by atomic mass is 9.92. The maximum absolute atomic E-state index is 11.4. The van der Waals surface area contributed by atoms with E-state index in [1.54, 1.807) is 6.26 Å². The smallest absolute Gasteiger partial charge is 0.412 e. The molecule has 18 heavy (non-hydrogen) atoms. The zero-order valence-electron chi connectivity index (χ0n) is 10.2. The van der Waals surface area contributed by atoms with Crippen LogP contribution in [0.5, 0.6) is 0 Å². The van der Waals surface area contributed by atoms with Crippen LogP contribution < -0.4 is 5.32 Å². The normalized spacial score (nSPS) is 16.7. The highest BCUT2D eigenvalue weighted by Gasteiger charge is 2.33. The summed E-state index contributed by atoms with van der Waals surface area (Å²) in [7, 11) is 0. The maximum Gasteiger partial charge on any atom is 0.412 e. The Labute approximate surface area is 105 Å². The van der Waals surface area contributed by atoms with E-state index < -0.39 is 11.7 Å². The van der Waals surface area contributed by atoms with Gasteiger partial charge in [0, 0.05) is 11.1 Å². The zero-order chi connectivity index (χ0) is 12.8. The van der Waals surface area contributed by atoms with Crippen LogP contribution in [0.3, 0.4) is 0 Å². The minimum absolute atomic E-state index is 0.418. The molecule has 0 radical (unpaired) electrons. The highest BCUT2D eigenvalue weighted by Crippen LogP contribution is 2.37. The third kappa shape index (κ3) is 1.66. The second-order valence-corrected chi connectivity index (χ2v) is 4.76. The Bertz CT molecular complexity index is 600. The summed E-state index contributed by atoms with van der Waals surface area (Å²) in [6.45, 7) is 3.74. The van der Waals surface area contributed by atoms with Gasteiger partial charge in [-0.1, -0.05) is 0 Å². The topological polar surface area (TPSA) is 51.5 Å². The summed E-state index contributed by atoms with van der Waals surface area (Å²) in [4.78, 5) is 11.4. The fraction of sp³-hybridized carbons (Fsp3) is 0.214. The molecular weight excluding hydrogens is 230 g/mol. The van der Waals surface area contributed by atoms with Crippen LogP contribution in [0.15, 0.2) is 41.0 Å². The molecular formula is C14H13NO3. The Hall–Kier alpha value is -2.23. The summed E-state index contributed by atoms with van der Waals surface area (Å²) in [6, 6.07) is 9.51. The van der Waals surface area contributed by atoms with Gasteiger partial charge in [-0.3, -0.25) is 5.32 Å². The number of ether oxygens (including phenoxy) is 1. The van der Waals surface area contributed by atoms with Crippen LogP contribution in [-0.2, 0) is 10.3 Å². The Morgan fingerprint density at radius 1 is 1.22 bits per heavy atom. The van der Waals surface area contributed by atoms with Gasteiger partial charge in [0.2, 0.25) is 0 Å². The minimum atomic E-state index is -0.639. The molecule has 4 heteroatoms. The van der Waals surface area contributed by atoms with Gasteiger partial charge >= 0.3 is 6.09 Å². The van der Waals surface area contributed by atoms with Crippen molar-refractivity contribution in [2.45, 2.75) is 19.4 Å². The van der Waals surface area contributed by atoms with Gasteiger partial charge in [0.25, 0.3) is 0 Å². The molecule has 1 aromatic heterocycles. The summed E-state index contributed by atoms with van der Waals surface area (Å²) in [5.41, 5.74) is 2.05. The van der Waals surface area contributed by atoms with E-state index in [0.717, 1.165) is 22.6 Å². The van der Waals surface area contributed by atoms with Crippen LogP contribution in [0.4, 0.5) is 10.5 Å². The predicted octanol–water partition coefficient (Wildman–Crippen LogP) is 3.74. The van der Waals surface area contributed by atoms with Crippen LogP contribution in [-0.4, -0.2) is 6.09 Å². The number of amides is 1. The third-order valence-electron chi connectivity index (χ3n) is 3.06. The van der Waals surface area contributed by atoms with Crippen LogP contribution >= 0.6 is 0 Å². The minimum Gasteiger partial charge on any atom is -0.464 e. The molecule has 1 N–H and O–H groups in total. The molecule has 0 unspecified atom stereocenters. The Balaban J connectivity index is 2.13. The molecule has 0 aliphatic carbocycles. The van der Waals surface area contributed by atoms with Crippen molar-refractivity contribution in [3.63, 3.8) is 0 Å². The number of nitrogens with one attached hydrogen (secondary N) is 1. The Morgan fingerprint density at radius 3 is 2.78 bits per heavy atom. The van der Waals surface area contributed by atoms with E-state index in [2.05, 4.69) is 5.32 Å². The van der Waals surface area contributed by atoms with Gasteiger partial charge in [0.15, 0.2) is 0 Å². The first-order valence-electron chi connectivity index (χ1n) is 5.75. The van der Waals surface area contributed by atoms with Gasteiger partial charge in [-0.05, 0) is 44.2 Å². The summed E-state index contributed by atoms with van der Waals surface area (Å²) in [5, 5.41) is 2.70. The average molecular weight is 243 g/mol. The second kappa shape index (κ2) is 3.63. The molecule has 1 aliphatic rings. The quantitative estimate of drug-likeness (QED) is 0.829. The van der Waals surface area contributed by atoms with Crippen molar-refractivity contribution in [1.29, 1.82) is 0 Å². The first kappa shape index (κ1) is 10.9. The van der Waals surface area contributed by atoms with Gasteiger partial charge in [-0.15, -0.1) is 0 Å². The van der Waals surface area contributed by atoms with E-state index in [1.807, 2.05) is 44.2 Å². The third-order valence-corrected chi connectivity index (χ3v) is 3.06. The second-order valence-electron chi connectivity index (χ2n) is 4.76. The SMILES string of the molecule is CC1(C)OC(=O)Nc2ccc(-c3ccco3)cc21. The molecule has 0 fully saturated rings. The molecule has 0 saturated heterocycles. The number of fused-ring (bicyclic) bond motifs is 1. The molecule has 2 aromatic rings. The van der Waals surface area contributed by atoms with Crippen LogP contribution in [0.25, 0.3) is 11.3 Å². The van der Waals surface area contributed by atoms with Gasteiger partial charge in [0.05, 0.1) is 12.0 Å². The van der Waals surface area contributed by atoms with Crippen LogP contribution in [0.1, 0.15) is 19.4 Å². The number of rotatable bonds is 1. The van der Waals surface area contributed by atoms with Crippen molar-refractivity contribution in [3.05, 3.63) is 42.2 Å². The number of hydrogen-bond donors (Lipinski definition) is 1. The molecule has 1 aromatic carbocycles. The standard InChI is InChI=1S/C14H13NO3/c1-14(2)10-8-9(12-4-3-7-17-12)5-6-11(10)15-13(16)18-14/h3-8H,1-2H3,(H,15,16). The predicted molar refractivity (Wildman–Crippen MR) is 67.3 cm³/mol. The summed E-state index contributed by atoms with van der Waals surface area (Å²) >= 11 is 0. The lowest BCUT2D eigenvalue weighted by Gasteiger charge is -2.32. The number of hydrogen-bond acceptors (Lipinski definition) is 3. The molecule has 2 heterocycles. The van der Waals surface area contributed by atoms with Crippen LogP contribution in [0.2, 0.25) is 0 Å². The van der Waals surface area contributed by atoms with Crippen molar-refractivity contribution in [1.82, 2.24) is 0 Å². The first-order chi connectivity index (χ1) is 8.56. The van der Waals surface area contributed by atoms with E-state index in [1.165, 1.54) is 0 Å². The molecule has 0 atom stereocenters. The molecule has 0 saturated carbocycles. The summed E-state index contributed by atoms with van der Waals surface area (Å²) in [5.74, 6) is 0.797. The van der Waals surface area contributed by atoms with Crippen molar-refractivity contribution in [3.8, 4) is 11.3 Å². The number of anilines is 1. The lowest BCUT2D eigenvalue weighted by Crippen LogP contribution is -2.34. The summed E-state index contributed by atoms with van der Waals surface area (Å²) < 4.78 is 10.7. The maximum atomic E-state index is 11.4.